The number of aliphatic hydroxyl groups is 2. The molecule has 1 aliphatic rings. The van der Waals surface area contributed by atoms with Crippen LogP contribution in [-0.2, 0) is 23.8 Å². The number of rotatable bonds is 10. The van der Waals surface area contributed by atoms with Gasteiger partial charge in [-0.25, -0.2) is 4.79 Å². The standard InChI is InChI=1S/C32H30O15/c1-15(33)44-14-25-29(42)30(43)31(47-26(39)11-5-17-4-9-21(36)23(38)13-17)32(46-25)45-24-10-6-18(27(40)28(24)41)19(34)7-2-16-3-8-20(35)22(37)12-16/h2-13,25,29-32,35-38,40-43H,14H2,1H3/b7-2+,11-5+/t25?,29-,30+,31?,32-/m1/s1. The van der Waals surface area contributed by atoms with Crippen LogP contribution in [0.25, 0.3) is 12.2 Å². The Morgan fingerprint density at radius 1 is 0.766 bits per heavy atom. The van der Waals surface area contributed by atoms with E-state index in [0.29, 0.717) is 5.56 Å². The number of carbonyl (C=O) groups excluding carboxylic acids is 3. The van der Waals surface area contributed by atoms with E-state index in [2.05, 4.69) is 0 Å². The maximum atomic E-state index is 12.7. The fourth-order valence-electron chi connectivity index (χ4n) is 4.33. The number of ketones is 1. The second-order valence-corrected chi connectivity index (χ2v) is 10.2. The van der Waals surface area contributed by atoms with Gasteiger partial charge >= 0.3 is 11.9 Å². The van der Waals surface area contributed by atoms with Gasteiger partial charge in [-0.2, -0.15) is 0 Å². The number of phenolic OH excluding ortho intramolecular Hbond substituents is 6. The summed E-state index contributed by atoms with van der Waals surface area (Å²) >= 11 is 0. The first kappa shape index (κ1) is 34.1. The van der Waals surface area contributed by atoms with Crippen molar-refractivity contribution in [1.82, 2.24) is 0 Å². The van der Waals surface area contributed by atoms with Gasteiger partial charge in [0.25, 0.3) is 0 Å². The van der Waals surface area contributed by atoms with Gasteiger partial charge in [0, 0.05) is 13.0 Å². The molecule has 0 aromatic heterocycles. The fraction of sp³-hybridized carbons (Fsp3) is 0.219. The summed E-state index contributed by atoms with van der Waals surface area (Å²) in [5, 5.41) is 80.9. The van der Waals surface area contributed by atoms with Crippen LogP contribution in [0.4, 0.5) is 0 Å². The molecule has 3 aromatic carbocycles. The molecule has 1 heterocycles. The number of aromatic hydroxyl groups is 6. The van der Waals surface area contributed by atoms with Crippen LogP contribution < -0.4 is 4.74 Å². The number of hydrogen-bond acceptors (Lipinski definition) is 15. The molecule has 0 saturated carbocycles. The van der Waals surface area contributed by atoms with Crippen LogP contribution in [0.5, 0.6) is 40.2 Å². The second kappa shape index (κ2) is 14.6. The molecule has 4 rings (SSSR count). The number of aliphatic hydroxyl groups excluding tert-OH is 2. The van der Waals surface area contributed by atoms with Crippen LogP contribution in [0.3, 0.4) is 0 Å². The number of carbonyl (C=O) groups is 3. The average Bonchev–Trinajstić information content (AvgIpc) is 3.03. The van der Waals surface area contributed by atoms with Crippen molar-refractivity contribution in [3.05, 3.63) is 77.4 Å². The number of allylic oxidation sites excluding steroid dienone is 1. The maximum absolute atomic E-state index is 12.7. The normalized spacial score (nSPS) is 21.0. The van der Waals surface area contributed by atoms with Crippen LogP contribution in [0.15, 0.2) is 60.7 Å². The Hall–Kier alpha value is -5.77. The molecule has 0 spiro atoms. The number of ether oxygens (including phenoxy) is 4. The minimum atomic E-state index is -1.88. The molecular formula is C32H30O15. The molecule has 15 heteroatoms. The minimum Gasteiger partial charge on any atom is -0.504 e. The lowest BCUT2D eigenvalue weighted by molar-refractivity contribution is -0.282. The van der Waals surface area contributed by atoms with Crippen molar-refractivity contribution in [2.75, 3.05) is 6.61 Å². The first-order chi connectivity index (χ1) is 22.2. The summed E-state index contributed by atoms with van der Waals surface area (Å²) in [6.07, 6.45) is -4.15. The Labute approximate surface area is 266 Å². The van der Waals surface area contributed by atoms with Crippen LogP contribution in [0, 0.1) is 0 Å². The Morgan fingerprint density at radius 2 is 1.36 bits per heavy atom. The predicted molar refractivity (Wildman–Crippen MR) is 160 cm³/mol. The zero-order valence-corrected chi connectivity index (χ0v) is 24.5. The van der Waals surface area contributed by atoms with Gasteiger partial charge < -0.3 is 59.8 Å². The van der Waals surface area contributed by atoms with Crippen molar-refractivity contribution >= 4 is 29.9 Å². The summed E-state index contributed by atoms with van der Waals surface area (Å²) in [7, 11) is 0. The van der Waals surface area contributed by atoms with Crippen molar-refractivity contribution < 1.29 is 74.2 Å². The Bertz CT molecular complexity index is 1710. The van der Waals surface area contributed by atoms with Crippen molar-refractivity contribution in [2.24, 2.45) is 0 Å². The smallest absolute Gasteiger partial charge is 0.331 e. The maximum Gasteiger partial charge on any atom is 0.331 e. The first-order valence-electron chi connectivity index (χ1n) is 13.8. The van der Waals surface area contributed by atoms with Crippen LogP contribution >= 0.6 is 0 Å². The van der Waals surface area contributed by atoms with E-state index in [1.807, 2.05) is 0 Å². The number of esters is 2. The Morgan fingerprint density at radius 3 is 1.94 bits per heavy atom. The lowest BCUT2D eigenvalue weighted by Crippen LogP contribution is -2.61. The van der Waals surface area contributed by atoms with Gasteiger partial charge in [0.1, 0.15) is 24.9 Å². The topological polar surface area (TPSA) is 250 Å². The third-order valence-corrected chi connectivity index (χ3v) is 6.81. The highest BCUT2D eigenvalue weighted by molar-refractivity contribution is 6.09. The first-order valence-corrected chi connectivity index (χ1v) is 13.8. The van der Waals surface area contributed by atoms with E-state index >= 15 is 0 Å². The van der Waals surface area contributed by atoms with Crippen LogP contribution in [0.2, 0.25) is 0 Å². The highest BCUT2D eigenvalue weighted by atomic mass is 16.7. The molecular weight excluding hydrogens is 624 g/mol. The molecule has 0 amide bonds. The van der Waals surface area contributed by atoms with Gasteiger partial charge in [0.2, 0.25) is 12.0 Å². The molecule has 2 unspecified atom stereocenters. The van der Waals surface area contributed by atoms with Gasteiger partial charge in [-0.15, -0.1) is 0 Å². The van der Waals surface area contributed by atoms with Crippen LogP contribution in [0.1, 0.15) is 28.4 Å². The van der Waals surface area contributed by atoms with E-state index in [1.165, 1.54) is 42.5 Å². The van der Waals surface area contributed by atoms with E-state index in [1.54, 1.807) is 0 Å². The summed E-state index contributed by atoms with van der Waals surface area (Å²) in [4.78, 5) is 36.7. The molecule has 15 nitrogen and oxygen atoms in total. The van der Waals surface area contributed by atoms with Gasteiger partial charge in [-0.05, 0) is 59.7 Å². The van der Waals surface area contributed by atoms with E-state index < -0.39 is 83.8 Å². The molecule has 3 aromatic rings. The monoisotopic (exact) mass is 654 g/mol. The summed E-state index contributed by atoms with van der Waals surface area (Å²) in [5.41, 5.74) is 0.265. The van der Waals surface area contributed by atoms with Crippen molar-refractivity contribution in [3.63, 3.8) is 0 Å². The fourth-order valence-corrected chi connectivity index (χ4v) is 4.33. The van der Waals surface area contributed by atoms with Gasteiger partial charge in [0.15, 0.2) is 46.4 Å². The van der Waals surface area contributed by atoms with Crippen molar-refractivity contribution in [2.45, 2.75) is 37.6 Å². The third-order valence-electron chi connectivity index (χ3n) is 6.81. The summed E-state index contributed by atoms with van der Waals surface area (Å²) in [6, 6.07) is 9.68. The lowest BCUT2D eigenvalue weighted by atomic mass is 9.99. The minimum absolute atomic E-state index is 0.290. The predicted octanol–water partition coefficient (Wildman–Crippen LogP) is 1.83. The molecule has 1 saturated heterocycles. The van der Waals surface area contributed by atoms with Gasteiger partial charge in [-0.3, -0.25) is 9.59 Å². The SMILES string of the molecule is CC(=O)OCC1O[C@@H](Oc2ccc(C(=O)/C=C/c3ccc(O)c(O)c3)c(O)c2O)C(OC(=O)/C=C/c2ccc(O)c(O)c2)[C@@H](O)[C@@H]1O. The van der Waals surface area contributed by atoms with E-state index in [4.69, 9.17) is 18.9 Å². The number of hydrogen-bond donors (Lipinski definition) is 8. The molecule has 0 aliphatic carbocycles. The summed E-state index contributed by atoms with van der Waals surface area (Å²) < 4.78 is 21.4. The largest absolute Gasteiger partial charge is 0.504 e. The average molecular weight is 655 g/mol. The quantitative estimate of drug-likeness (QED) is 0.0672. The summed E-state index contributed by atoms with van der Waals surface area (Å²) in [5.74, 6) is -6.55. The van der Waals surface area contributed by atoms with Gasteiger partial charge in [-0.1, -0.05) is 18.2 Å². The van der Waals surface area contributed by atoms with E-state index in [-0.39, 0.29) is 22.6 Å². The molecule has 1 fully saturated rings. The Kier molecular flexibility index (Phi) is 10.6. The van der Waals surface area contributed by atoms with Crippen LogP contribution in [-0.4, -0.2) is 95.9 Å². The van der Waals surface area contributed by atoms with Gasteiger partial charge in [0.05, 0.1) is 5.56 Å². The van der Waals surface area contributed by atoms with Crippen molar-refractivity contribution in [3.8, 4) is 40.2 Å². The van der Waals surface area contributed by atoms with E-state index in [0.717, 1.165) is 37.3 Å². The third kappa shape index (κ3) is 8.29. The molecule has 1 aliphatic heterocycles. The highest BCUT2D eigenvalue weighted by Crippen LogP contribution is 2.40. The molecule has 0 radical (unpaired) electrons. The highest BCUT2D eigenvalue weighted by Gasteiger charge is 2.48. The number of phenols is 6. The summed E-state index contributed by atoms with van der Waals surface area (Å²) in [6.45, 7) is 0.548. The molecule has 0 bridgehead atoms. The second-order valence-electron chi connectivity index (χ2n) is 10.2. The molecule has 5 atom stereocenters. The zero-order chi connectivity index (χ0) is 34.4. The lowest BCUT2D eigenvalue weighted by Gasteiger charge is -2.41. The zero-order valence-electron chi connectivity index (χ0n) is 24.5. The Balaban J connectivity index is 1.56. The number of benzene rings is 3. The molecule has 47 heavy (non-hydrogen) atoms. The molecule has 248 valence electrons. The molecule has 8 N–H and O–H groups in total. The van der Waals surface area contributed by atoms with E-state index in [9.17, 15) is 55.2 Å². The van der Waals surface area contributed by atoms with Crippen molar-refractivity contribution in [1.29, 1.82) is 0 Å².